The molecule has 1 nitrogen and oxygen atoms in total. The Morgan fingerprint density at radius 1 is 0.842 bits per heavy atom. The van der Waals surface area contributed by atoms with Crippen LogP contribution in [0.15, 0.2) is 0 Å². The molecule has 0 amide bonds. The average Bonchev–Trinajstić information content (AvgIpc) is 2.31. The molecule has 0 saturated heterocycles. The van der Waals surface area contributed by atoms with Gasteiger partial charge in [-0.05, 0) is 51.2 Å². The Bertz CT molecular complexity index is 203. The summed E-state index contributed by atoms with van der Waals surface area (Å²) in [5.74, 6) is 1.67. The third kappa shape index (κ3) is 8.14. The molecule has 0 aromatic rings. The minimum Gasteiger partial charge on any atom is -0.412 e. The standard InChI is InChI=1S/C17H38OSi/c1-9-15(10-2)13-17(5,6)18-19(7,8)14-16(11-3)12-4/h15-16H,9-14H2,1-8H3. The van der Waals surface area contributed by atoms with Crippen molar-refractivity contribution < 1.29 is 4.43 Å². The molecule has 0 unspecified atom stereocenters. The van der Waals surface area contributed by atoms with Crippen molar-refractivity contribution in [2.75, 3.05) is 0 Å². The quantitative estimate of drug-likeness (QED) is 0.431. The van der Waals surface area contributed by atoms with Gasteiger partial charge in [0, 0.05) is 0 Å². The molecule has 19 heavy (non-hydrogen) atoms. The molecule has 0 aromatic heterocycles. The first kappa shape index (κ1) is 19.2. The van der Waals surface area contributed by atoms with Gasteiger partial charge in [0.15, 0.2) is 8.32 Å². The molecule has 0 atom stereocenters. The van der Waals surface area contributed by atoms with Gasteiger partial charge in [-0.1, -0.05) is 53.4 Å². The maximum atomic E-state index is 6.63. The third-order valence-electron chi connectivity index (χ3n) is 4.42. The van der Waals surface area contributed by atoms with E-state index in [0.29, 0.717) is 0 Å². The molecule has 116 valence electrons. The first-order valence-electron chi connectivity index (χ1n) is 8.39. The van der Waals surface area contributed by atoms with Crippen LogP contribution in [0.3, 0.4) is 0 Å². The van der Waals surface area contributed by atoms with Gasteiger partial charge in [-0.3, -0.25) is 0 Å². The Kier molecular flexibility index (Phi) is 8.54. The molecule has 0 radical (unpaired) electrons. The molecule has 0 bridgehead atoms. The van der Waals surface area contributed by atoms with E-state index < -0.39 is 8.32 Å². The monoisotopic (exact) mass is 286 g/mol. The van der Waals surface area contributed by atoms with Crippen molar-refractivity contribution in [3.63, 3.8) is 0 Å². The first-order chi connectivity index (χ1) is 8.69. The van der Waals surface area contributed by atoms with Crippen LogP contribution in [0.1, 0.15) is 73.6 Å². The normalized spacial score (nSPS) is 13.6. The van der Waals surface area contributed by atoms with Crippen molar-refractivity contribution in [2.24, 2.45) is 11.8 Å². The van der Waals surface area contributed by atoms with Crippen LogP contribution < -0.4 is 0 Å². The molecular weight excluding hydrogens is 248 g/mol. The average molecular weight is 287 g/mol. The molecular formula is C17H38OSi. The van der Waals surface area contributed by atoms with Gasteiger partial charge in [-0.2, -0.15) is 0 Å². The smallest absolute Gasteiger partial charge is 0.187 e. The summed E-state index contributed by atoms with van der Waals surface area (Å²) in [5, 5.41) is 0. The van der Waals surface area contributed by atoms with E-state index in [0.717, 1.165) is 11.8 Å². The van der Waals surface area contributed by atoms with Crippen molar-refractivity contribution in [2.45, 2.75) is 98.4 Å². The van der Waals surface area contributed by atoms with E-state index in [1.807, 2.05) is 0 Å². The zero-order valence-electron chi connectivity index (χ0n) is 14.8. The lowest BCUT2D eigenvalue weighted by Crippen LogP contribution is -2.43. The Balaban J connectivity index is 4.52. The van der Waals surface area contributed by atoms with Crippen LogP contribution in [0, 0.1) is 11.8 Å². The fourth-order valence-corrected chi connectivity index (χ4v) is 7.01. The van der Waals surface area contributed by atoms with Crippen LogP contribution in [0.4, 0.5) is 0 Å². The van der Waals surface area contributed by atoms with Crippen LogP contribution in [0.2, 0.25) is 19.1 Å². The topological polar surface area (TPSA) is 9.23 Å². The predicted molar refractivity (Wildman–Crippen MR) is 90.2 cm³/mol. The van der Waals surface area contributed by atoms with Crippen molar-refractivity contribution in [3.05, 3.63) is 0 Å². The molecule has 0 heterocycles. The lowest BCUT2D eigenvalue weighted by atomic mass is 9.90. The van der Waals surface area contributed by atoms with Gasteiger partial charge in [0.25, 0.3) is 0 Å². The van der Waals surface area contributed by atoms with Gasteiger partial charge in [-0.25, -0.2) is 0 Å². The summed E-state index contributed by atoms with van der Waals surface area (Å²) >= 11 is 0. The molecule has 0 N–H and O–H groups in total. The lowest BCUT2D eigenvalue weighted by Gasteiger charge is -2.38. The Hall–Kier alpha value is 0.177. The molecule has 0 saturated carbocycles. The fraction of sp³-hybridized carbons (Fsp3) is 1.00. The molecule has 0 rings (SSSR count). The molecule has 0 aromatic carbocycles. The SMILES string of the molecule is CCC(CC)CC(C)(C)O[Si](C)(C)CC(CC)CC. The minimum absolute atomic E-state index is 0.0540. The predicted octanol–water partition coefficient (Wildman–Crippen LogP) is 6.25. The van der Waals surface area contributed by atoms with Gasteiger partial charge in [0.2, 0.25) is 0 Å². The summed E-state index contributed by atoms with van der Waals surface area (Å²) in [6.45, 7) is 18.6. The highest BCUT2D eigenvalue weighted by atomic mass is 28.4. The Morgan fingerprint density at radius 3 is 1.63 bits per heavy atom. The molecule has 0 spiro atoms. The largest absolute Gasteiger partial charge is 0.412 e. The summed E-state index contributed by atoms with van der Waals surface area (Å²) in [4.78, 5) is 0. The summed E-state index contributed by atoms with van der Waals surface area (Å²) in [7, 11) is -1.54. The van der Waals surface area contributed by atoms with Gasteiger partial charge in [0.1, 0.15) is 0 Å². The van der Waals surface area contributed by atoms with E-state index in [2.05, 4.69) is 54.6 Å². The van der Waals surface area contributed by atoms with Crippen molar-refractivity contribution in [1.82, 2.24) is 0 Å². The zero-order valence-corrected chi connectivity index (χ0v) is 15.8. The molecule has 0 aliphatic rings. The highest BCUT2D eigenvalue weighted by Crippen LogP contribution is 2.32. The van der Waals surface area contributed by atoms with Crippen molar-refractivity contribution in [1.29, 1.82) is 0 Å². The van der Waals surface area contributed by atoms with Gasteiger partial charge < -0.3 is 4.43 Å². The minimum atomic E-state index is -1.54. The van der Waals surface area contributed by atoms with Crippen LogP contribution in [0.5, 0.6) is 0 Å². The van der Waals surface area contributed by atoms with Gasteiger partial charge in [0.05, 0.1) is 5.60 Å². The van der Waals surface area contributed by atoms with E-state index >= 15 is 0 Å². The number of rotatable bonds is 10. The number of hydrogen-bond acceptors (Lipinski definition) is 1. The number of hydrogen-bond donors (Lipinski definition) is 0. The summed E-state index contributed by atoms with van der Waals surface area (Å²) in [6.07, 6.45) is 6.35. The van der Waals surface area contributed by atoms with E-state index in [9.17, 15) is 0 Å². The summed E-state index contributed by atoms with van der Waals surface area (Å²) in [6, 6.07) is 1.31. The summed E-state index contributed by atoms with van der Waals surface area (Å²) < 4.78 is 6.63. The van der Waals surface area contributed by atoms with E-state index in [-0.39, 0.29) is 5.60 Å². The van der Waals surface area contributed by atoms with E-state index in [1.54, 1.807) is 0 Å². The lowest BCUT2D eigenvalue weighted by molar-refractivity contribution is 0.0669. The second-order valence-electron chi connectivity index (χ2n) is 7.39. The van der Waals surface area contributed by atoms with Crippen molar-refractivity contribution >= 4 is 8.32 Å². The third-order valence-corrected chi connectivity index (χ3v) is 7.09. The maximum Gasteiger partial charge on any atom is 0.187 e. The second kappa shape index (κ2) is 8.46. The Labute approximate surface area is 123 Å². The van der Waals surface area contributed by atoms with Crippen LogP contribution in [-0.2, 0) is 4.43 Å². The van der Waals surface area contributed by atoms with Crippen LogP contribution in [0.25, 0.3) is 0 Å². The van der Waals surface area contributed by atoms with Crippen LogP contribution >= 0.6 is 0 Å². The maximum absolute atomic E-state index is 6.63. The van der Waals surface area contributed by atoms with Gasteiger partial charge in [-0.15, -0.1) is 0 Å². The highest BCUT2D eigenvalue weighted by molar-refractivity contribution is 6.71. The second-order valence-corrected chi connectivity index (χ2v) is 11.5. The van der Waals surface area contributed by atoms with Crippen molar-refractivity contribution in [3.8, 4) is 0 Å². The Morgan fingerprint density at radius 2 is 1.26 bits per heavy atom. The molecule has 0 aliphatic heterocycles. The first-order valence-corrected chi connectivity index (χ1v) is 11.5. The molecule has 0 aliphatic carbocycles. The molecule has 2 heteroatoms. The van der Waals surface area contributed by atoms with Crippen LogP contribution in [-0.4, -0.2) is 13.9 Å². The molecule has 0 fully saturated rings. The van der Waals surface area contributed by atoms with E-state index in [4.69, 9.17) is 4.43 Å². The van der Waals surface area contributed by atoms with E-state index in [1.165, 1.54) is 38.1 Å². The van der Waals surface area contributed by atoms with Gasteiger partial charge >= 0.3 is 0 Å². The highest BCUT2D eigenvalue weighted by Gasteiger charge is 2.33. The summed E-state index contributed by atoms with van der Waals surface area (Å²) in [5.41, 5.74) is 0.0540. The fourth-order valence-electron chi connectivity index (χ4n) is 3.38. The zero-order chi connectivity index (χ0) is 15.1.